The van der Waals surface area contributed by atoms with E-state index in [9.17, 15) is 10.1 Å². The van der Waals surface area contributed by atoms with E-state index < -0.39 is 5.09 Å². The van der Waals surface area contributed by atoms with Crippen molar-refractivity contribution in [2.75, 3.05) is 13.2 Å². The number of nitrogens with two attached hydrogens (primary N) is 1. The summed E-state index contributed by atoms with van der Waals surface area (Å²) in [5.41, 5.74) is 4.85. The van der Waals surface area contributed by atoms with Crippen molar-refractivity contribution in [3.63, 3.8) is 0 Å². The van der Waals surface area contributed by atoms with Gasteiger partial charge < -0.3 is 10.6 Å². The van der Waals surface area contributed by atoms with Crippen molar-refractivity contribution in [1.29, 1.82) is 0 Å². The molecule has 50 valence electrons. The topological polar surface area (TPSA) is 78.4 Å². The molecule has 0 atom stereocenters. The van der Waals surface area contributed by atoms with E-state index in [0.717, 1.165) is 0 Å². The van der Waals surface area contributed by atoms with E-state index in [4.69, 9.17) is 5.73 Å². The van der Waals surface area contributed by atoms with Crippen LogP contribution in [0.4, 0.5) is 0 Å². The highest BCUT2D eigenvalue weighted by Crippen LogP contribution is 1.67. The smallest absolute Gasteiger partial charge is 0.294 e. The molecule has 0 aliphatic rings. The second kappa shape index (κ2) is 6.45. The molecule has 0 rings (SSSR count). The maximum Gasteiger partial charge on any atom is 0.294 e. The number of rotatable bonds is 3. The van der Waals surface area contributed by atoms with Gasteiger partial charge in [-0.3, -0.25) is 0 Å². The summed E-state index contributed by atoms with van der Waals surface area (Å²) in [7, 11) is 0. The first-order valence-electron chi connectivity index (χ1n) is 1.74. The lowest BCUT2D eigenvalue weighted by Crippen LogP contribution is -2.11. The Balaban J connectivity index is 0. The second-order valence-electron chi connectivity index (χ2n) is 0.846. The maximum absolute atomic E-state index is 9.29. The van der Waals surface area contributed by atoms with Crippen LogP contribution in [0.2, 0.25) is 0 Å². The van der Waals surface area contributed by atoms with E-state index in [0.29, 0.717) is 0 Å². The Labute approximate surface area is 52.3 Å². The monoisotopic (exact) mass is 142 g/mol. The largest absolute Gasteiger partial charge is 0.329 e. The zero-order valence-electron chi connectivity index (χ0n) is 4.07. The molecule has 0 saturated carbocycles. The van der Waals surface area contributed by atoms with Crippen LogP contribution in [0.1, 0.15) is 0 Å². The van der Waals surface area contributed by atoms with Gasteiger partial charge in [0, 0.05) is 6.54 Å². The van der Waals surface area contributed by atoms with Gasteiger partial charge in [0.1, 0.15) is 6.61 Å². The van der Waals surface area contributed by atoms with Crippen molar-refractivity contribution in [3.05, 3.63) is 10.1 Å². The van der Waals surface area contributed by atoms with E-state index in [1.807, 2.05) is 0 Å². The lowest BCUT2D eigenvalue weighted by molar-refractivity contribution is -0.757. The highest BCUT2D eigenvalue weighted by atomic mass is 35.5. The summed E-state index contributed by atoms with van der Waals surface area (Å²) < 4.78 is 0. The standard InChI is InChI=1S/C2H6N2O3.ClH/c3-1-2-7-4(5)6;/h1-3H2;1H. The third-order valence-electron chi connectivity index (χ3n) is 0.315. The molecule has 0 spiro atoms. The SMILES string of the molecule is Cl.NCCO[N+](=O)[O-]. The highest BCUT2D eigenvalue weighted by Gasteiger charge is 1.87. The van der Waals surface area contributed by atoms with Crippen LogP contribution in [0.3, 0.4) is 0 Å². The molecular weight excluding hydrogens is 135 g/mol. The van der Waals surface area contributed by atoms with Crippen LogP contribution in [0.25, 0.3) is 0 Å². The Hall–Kier alpha value is -0.550. The van der Waals surface area contributed by atoms with Gasteiger partial charge in [-0.15, -0.1) is 22.5 Å². The van der Waals surface area contributed by atoms with E-state index in [1.54, 1.807) is 0 Å². The third kappa shape index (κ3) is 9.07. The molecule has 0 bridgehead atoms. The molecule has 0 fully saturated rings. The molecule has 0 saturated heterocycles. The van der Waals surface area contributed by atoms with E-state index in [1.165, 1.54) is 0 Å². The van der Waals surface area contributed by atoms with Crippen molar-refractivity contribution in [2.45, 2.75) is 0 Å². The number of nitrogens with zero attached hydrogens (tertiary/aromatic N) is 1. The van der Waals surface area contributed by atoms with Crippen LogP contribution in [0.15, 0.2) is 0 Å². The molecule has 0 aromatic rings. The Morgan fingerprint density at radius 1 is 1.75 bits per heavy atom. The summed E-state index contributed by atoms with van der Waals surface area (Å²) >= 11 is 0. The summed E-state index contributed by atoms with van der Waals surface area (Å²) in [6, 6.07) is 0. The van der Waals surface area contributed by atoms with Crippen molar-refractivity contribution in [2.24, 2.45) is 5.73 Å². The average Bonchev–Trinajstić information content (AvgIpc) is 1.61. The van der Waals surface area contributed by atoms with Crippen LogP contribution >= 0.6 is 12.4 Å². The van der Waals surface area contributed by atoms with E-state index >= 15 is 0 Å². The highest BCUT2D eigenvalue weighted by molar-refractivity contribution is 5.85. The van der Waals surface area contributed by atoms with Gasteiger partial charge in [-0.05, 0) is 0 Å². The fourth-order valence-corrected chi connectivity index (χ4v) is 0.127. The first kappa shape index (κ1) is 10.4. The average molecular weight is 143 g/mol. The molecular formula is C2H7ClN2O3. The quantitative estimate of drug-likeness (QED) is 0.429. The van der Waals surface area contributed by atoms with Crippen molar-refractivity contribution < 1.29 is 9.92 Å². The molecule has 0 aliphatic carbocycles. The maximum atomic E-state index is 9.29. The van der Waals surface area contributed by atoms with Gasteiger partial charge in [-0.1, -0.05) is 0 Å². The van der Waals surface area contributed by atoms with Crippen molar-refractivity contribution in [1.82, 2.24) is 0 Å². The van der Waals surface area contributed by atoms with Gasteiger partial charge in [0.15, 0.2) is 0 Å². The second-order valence-corrected chi connectivity index (χ2v) is 0.846. The molecule has 8 heavy (non-hydrogen) atoms. The number of hydrogen-bond donors (Lipinski definition) is 1. The minimum absolute atomic E-state index is 0. The third-order valence-corrected chi connectivity index (χ3v) is 0.315. The summed E-state index contributed by atoms with van der Waals surface area (Å²) in [4.78, 5) is 13.1. The zero-order chi connectivity index (χ0) is 5.70. The van der Waals surface area contributed by atoms with Gasteiger partial charge in [0.05, 0.1) is 0 Å². The van der Waals surface area contributed by atoms with Gasteiger partial charge in [-0.25, -0.2) is 0 Å². The number of halogens is 1. The summed E-state index contributed by atoms with van der Waals surface area (Å²) in [6.07, 6.45) is 0. The molecule has 0 amide bonds. The molecule has 0 aromatic carbocycles. The van der Waals surface area contributed by atoms with E-state index in [2.05, 4.69) is 4.84 Å². The van der Waals surface area contributed by atoms with Crippen LogP contribution in [-0.4, -0.2) is 18.2 Å². The van der Waals surface area contributed by atoms with Crippen molar-refractivity contribution >= 4 is 12.4 Å². The molecule has 0 radical (unpaired) electrons. The first-order chi connectivity index (χ1) is 3.27. The first-order valence-corrected chi connectivity index (χ1v) is 1.74. The molecule has 0 aromatic heterocycles. The molecule has 6 heteroatoms. The summed E-state index contributed by atoms with van der Waals surface area (Å²) in [5, 5.41) is 8.42. The normalized spacial score (nSPS) is 7.12. The van der Waals surface area contributed by atoms with Gasteiger partial charge in [-0.2, -0.15) is 0 Å². The zero-order valence-corrected chi connectivity index (χ0v) is 4.89. The Kier molecular flexibility index (Phi) is 8.41. The fourth-order valence-electron chi connectivity index (χ4n) is 0.127. The molecule has 2 N–H and O–H groups in total. The Morgan fingerprint density at radius 3 is 2.38 bits per heavy atom. The van der Waals surface area contributed by atoms with Crippen molar-refractivity contribution in [3.8, 4) is 0 Å². The molecule has 0 aliphatic heterocycles. The molecule has 0 heterocycles. The van der Waals surface area contributed by atoms with Gasteiger partial charge in [0.25, 0.3) is 5.09 Å². The predicted octanol–water partition coefficient (Wildman–Crippen LogP) is -0.425. The fraction of sp³-hybridized carbons (Fsp3) is 1.00. The van der Waals surface area contributed by atoms with Crippen LogP contribution in [-0.2, 0) is 4.84 Å². The van der Waals surface area contributed by atoms with Gasteiger partial charge in [0.2, 0.25) is 0 Å². The molecule has 0 unspecified atom stereocenters. The number of hydrogen-bond acceptors (Lipinski definition) is 4. The lowest BCUT2D eigenvalue weighted by atomic mass is 10.8. The van der Waals surface area contributed by atoms with Crippen LogP contribution in [0, 0.1) is 10.1 Å². The van der Waals surface area contributed by atoms with Crippen LogP contribution < -0.4 is 5.73 Å². The predicted molar refractivity (Wildman–Crippen MR) is 29.2 cm³/mol. The van der Waals surface area contributed by atoms with E-state index in [-0.39, 0.29) is 25.6 Å². The summed E-state index contributed by atoms with van der Waals surface area (Å²) in [5.74, 6) is 0. The Bertz CT molecular complexity index is 68.3. The Morgan fingerprint density at radius 2 is 2.25 bits per heavy atom. The lowest BCUT2D eigenvalue weighted by Gasteiger charge is -1.89. The van der Waals surface area contributed by atoms with Gasteiger partial charge >= 0.3 is 0 Å². The minimum atomic E-state index is -0.868. The molecule has 5 nitrogen and oxygen atoms in total. The minimum Gasteiger partial charge on any atom is -0.329 e. The summed E-state index contributed by atoms with van der Waals surface area (Å²) in [6.45, 7) is 0.161. The van der Waals surface area contributed by atoms with Crippen LogP contribution in [0.5, 0.6) is 0 Å².